The molecule has 286 valence electrons. The van der Waals surface area contributed by atoms with Crippen LogP contribution in [0.3, 0.4) is 0 Å². The number of aliphatic carboxylic acids is 1. The number of nitrogens with zero attached hydrogens (tertiary/aromatic N) is 6. The van der Waals surface area contributed by atoms with Gasteiger partial charge in [0, 0.05) is 70.4 Å². The molecule has 1 aromatic carbocycles. The summed E-state index contributed by atoms with van der Waals surface area (Å²) in [7, 11) is -3.18. The Morgan fingerprint density at radius 3 is 2.15 bits per heavy atom. The molecule has 4 fully saturated rings. The molecule has 0 radical (unpaired) electrons. The Morgan fingerprint density at radius 1 is 1.00 bits per heavy atom. The summed E-state index contributed by atoms with van der Waals surface area (Å²) >= 11 is 0. The van der Waals surface area contributed by atoms with Crippen molar-refractivity contribution in [2.75, 3.05) is 52.4 Å². The number of amides is 2. The summed E-state index contributed by atoms with van der Waals surface area (Å²) in [6.07, 6.45) is 6.45. The second-order valence-electron chi connectivity index (χ2n) is 15.0. The Bertz CT molecular complexity index is 1670. The Hall–Kier alpha value is -3.53. The van der Waals surface area contributed by atoms with Crippen LogP contribution in [0.5, 0.6) is 0 Å². The molecule has 0 spiro atoms. The van der Waals surface area contributed by atoms with Gasteiger partial charge in [-0.25, -0.2) is 27.1 Å². The summed E-state index contributed by atoms with van der Waals surface area (Å²) in [5, 5.41) is 9.87. The van der Waals surface area contributed by atoms with E-state index >= 15 is 0 Å². The van der Waals surface area contributed by atoms with Crippen molar-refractivity contribution in [2.45, 2.75) is 96.0 Å². The van der Waals surface area contributed by atoms with E-state index in [0.717, 1.165) is 75.1 Å². The predicted octanol–water partition coefficient (Wildman–Crippen LogP) is 3.39. The van der Waals surface area contributed by atoms with Crippen molar-refractivity contribution in [1.82, 2.24) is 34.3 Å². The van der Waals surface area contributed by atoms with Crippen LogP contribution in [0.2, 0.25) is 0 Å². The van der Waals surface area contributed by atoms with Crippen LogP contribution in [-0.2, 0) is 19.6 Å². The number of piperazine rings is 1. The minimum absolute atomic E-state index is 0.00866. The number of sulfonamides is 1. The molecule has 2 atom stereocenters. The van der Waals surface area contributed by atoms with E-state index in [1.54, 1.807) is 16.4 Å². The molecular weight excluding hydrogens is 690 g/mol. The zero-order chi connectivity index (χ0) is 37.8. The van der Waals surface area contributed by atoms with Crippen LogP contribution in [0.1, 0.15) is 92.6 Å². The van der Waals surface area contributed by atoms with Crippen LogP contribution in [0, 0.1) is 25.6 Å². The summed E-state index contributed by atoms with van der Waals surface area (Å²) < 4.78 is 42.0. The second-order valence-corrected chi connectivity index (χ2v) is 17.2. The number of carboxylic acid groups (broad SMARTS) is 1. The summed E-state index contributed by atoms with van der Waals surface area (Å²) in [4.78, 5) is 48.6. The Kier molecular flexibility index (Phi) is 12.7. The molecule has 1 aliphatic carbocycles. The normalized spacial score (nSPS) is 22.6. The number of benzene rings is 1. The quantitative estimate of drug-likeness (QED) is 0.391. The number of hydrogen-bond acceptors (Lipinski definition) is 9. The maximum atomic E-state index is 14.5. The molecule has 0 unspecified atom stereocenters. The van der Waals surface area contributed by atoms with E-state index in [2.05, 4.69) is 38.9 Å². The van der Waals surface area contributed by atoms with Crippen LogP contribution in [0.25, 0.3) is 0 Å². The lowest BCUT2D eigenvalue weighted by Gasteiger charge is -2.54. The van der Waals surface area contributed by atoms with E-state index in [-0.39, 0.29) is 53.0 Å². The van der Waals surface area contributed by atoms with Gasteiger partial charge in [-0.15, -0.1) is 0 Å². The lowest BCUT2D eigenvalue weighted by molar-refractivity contribution is -0.137. The molecule has 4 heterocycles. The highest BCUT2D eigenvalue weighted by Gasteiger charge is 2.45. The average molecular weight is 744 g/mol. The molecule has 52 heavy (non-hydrogen) atoms. The molecule has 1 aromatic heterocycles. The fourth-order valence-electron chi connectivity index (χ4n) is 8.09. The van der Waals surface area contributed by atoms with Gasteiger partial charge in [0.05, 0.1) is 22.2 Å². The first-order valence-electron chi connectivity index (χ1n) is 18.4. The van der Waals surface area contributed by atoms with Crippen LogP contribution < -0.4 is 5.32 Å². The van der Waals surface area contributed by atoms with Gasteiger partial charge in [-0.3, -0.25) is 24.2 Å². The summed E-state index contributed by atoms with van der Waals surface area (Å²) in [5.74, 6) is -1.30. The van der Waals surface area contributed by atoms with Crippen LogP contribution in [0.15, 0.2) is 30.6 Å². The highest BCUT2D eigenvalue weighted by Crippen LogP contribution is 2.41. The Morgan fingerprint density at radius 2 is 1.63 bits per heavy atom. The standard InChI is InChI=1S/C33H47FN6O3S.C4H7NO3/c1-23-21-38(33(4)12-16-37(17-13-33)32(41)30-24(2)35-22-36-25(30)3)18-19-40(23)31(27-6-5-7-28(34)20-27)26-10-14-39(15-11-26)44(42,43)29-8-9-29;1-3(6)5-2-4(7)8/h5-7,20,22-23,26,29,31H,8-19,21H2,1-4H3;2H2,1H3,(H,5,6)(H,7,8)/t23-,31+;/m1./s1. The van der Waals surface area contributed by atoms with Crippen molar-refractivity contribution in [1.29, 1.82) is 0 Å². The number of halogens is 1. The summed E-state index contributed by atoms with van der Waals surface area (Å²) in [6.45, 7) is 14.5. The van der Waals surface area contributed by atoms with Crippen molar-refractivity contribution < 1.29 is 32.3 Å². The molecule has 6 rings (SSSR count). The smallest absolute Gasteiger partial charge is 0.322 e. The van der Waals surface area contributed by atoms with Crippen molar-refractivity contribution in [2.24, 2.45) is 5.92 Å². The van der Waals surface area contributed by atoms with E-state index in [1.807, 2.05) is 24.8 Å². The minimum Gasteiger partial charge on any atom is -0.480 e. The number of carboxylic acids is 1. The number of hydrogen-bond donors (Lipinski definition) is 2. The zero-order valence-electron chi connectivity index (χ0n) is 31.1. The van der Waals surface area contributed by atoms with Crippen molar-refractivity contribution in [3.8, 4) is 0 Å². The highest BCUT2D eigenvalue weighted by atomic mass is 32.2. The molecule has 3 saturated heterocycles. The Labute approximate surface area is 307 Å². The van der Waals surface area contributed by atoms with Gasteiger partial charge >= 0.3 is 5.97 Å². The molecule has 15 heteroatoms. The number of aryl methyl sites for hydroxylation is 2. The van der Waals surface area contributed by atoms with Gasteiger partial charge in [0.1, 0.15) is 18.7 Å². The van der Waals surface area contributed by atoms with Gasteiger partial charge in [-0.1, -0.05) is 12.1 Å². The van der Waals surface area contributed by atoms with E-state index < -0.39 is 16.0 Å². The second kappa shape index (κ2) is 16.6. The lowest BCUT2D eigenvalue weighted by atomic mass is 9.82. The molecule has 4 aliphatic rings. The van der Waals surface area contributed by atoms with Gasteiger partial charge in [-0.2, -0.15) is 0 Å². The molecule has 1 saturated carbocycles. The lowest BCUT2D eigenvalue weighted by Crippen LogP contribution is -2.63. The molecular formula is C37H54FN7O6S. The molecule has 2 N–H and O–H groups in total. The van der Waals surface area contributed by atoms with Gasteiger partial charge in [0.25, 0.3) is 5.91 Å². The molecule has 13 nitrogen and oxygen atoms in total. The molecule has 2 aromatic rings. The van der Waals surface area contributed by atoms with Crippen LogP contribution in [0.4, 0.5) is 4.39 Å². The van der Waals surface area contributed by atoms with E-state index in [4.69, 9.17) is 5.11 Å². The van der Waals surface area contributed by atoms with Gasteiger partial charge in [0.2, 0.25) is 15.9 Å². The van der Waals surface area contributed by atoms with Gasteiger partial charge in [0.15, 0.2) is 0 Å². The summed E-state index contributed by atoms with van der Waals surface area (Å²) in [6, 6.07) is 7.29. The number of rotatable bonds is 9. The molecule has 3 aliphatic heterocycles. The maximum absolute atomic E-state index is 14.5. The first-order chi connectivity index (χ1) is 24.6. The number of likely N-dealkylation sites (tertiary alicyclic amines) is 1. The van der Waals surface area contributed by atoms with E-state index in [1.165, 1.54) is 19.3 Å². The highest BCUT2D eigenvalue weighted by molar-refractivity contribution is 7.90. The van der Waals surface area contributed by atoms with Gasteiger partial charge in [-0.05, 0) is 89.8 Å². The fourth-order valence-corrected chi connectivity index (χ4v) is 9.96. The topological polar surface area (TPSA) is 156 Å². The number of piperidine rings is 2. The first kappa shape index (κ1) is 39.7. The Balaban J connectivity index is 0.000000587. The minimum atomic E-state index is -3.18. The van der Waals surface area contributed by atoms with Crippen molar-refractivity contribution in [3.05, 3.63) is 58.9 Å². The summed E-state index contributed by atoms with van der Waals surface area (Å²) in [5.41, 5.74) is 3.05. The van der Waals surface area contributed by atoms with Crippen LogP contribution >= 0.6 is 0 Å². The van der Waals surface area contributed by atoms with Crippen molar-refractivity contribution in [3.63, 3.8) is 0 Å². The van der Waals surface area contributed by atoms with Crippen molar-refractivity contribution >= 4 is 27.8 Å². The molecule has 0 bridgehead atoms. The zero-order valence-corrected chi connectivity index (χ0v) is 31.9. The third-order valence-corrected chi connectivity index (χ3v) is 13.7. The number of aromatic nitrogens is 2. The van der Waals surface area contributed by atoms with Crippen LogP contribution in [-0.4, -0.2) is 129 Å². The monoisotopic (exact) mass is 743 g/mol. The molecule has 2 amide bonds. The van der Waals surface area contributed by atoms with E-state index in [9.17, 15) is 27.2 Å². The number of carbonyl (C=O) groups excluding carboxylic acids is 2. The van der Waals surface area contributed by atoms with E-state index in [0.29, 0.717) is 31.7 Å². The number of carbonyl (C=O) groups is 3. The predicted molar refractivity (Wildman–Crippen MR) is 194 cm³/mol. The number of nitrogens with one attached hydrogen (secondary N) is 1. The maximum Gasteiger partial charge on any atom is 0.322 e. The SMILES string of the molecule is CC(=O)NCC(=O)O.Cc1ncnc(C)c1C(=O)N1CCC(C)(N2CCN([C@H](c3cccc(F)c3)C3CCN(S(=O)(=O)C4CC4)CC3)[C@H](C)C2)CC1. The van der Waals surface area contributed by atoms with Gasteiger partial charge < -0.3 is 15.3 Å². The largest absolute Gasteiger partial charge is 0.480 e. The average Bonchev–Trinajstić information content (AvgIpc) is 3.96. The third kappa shape index (κ3) is 9.33. The third-order valence-electron chi connectivity index (χ3n) is 11.3. The first-order valence-corrected chi connectivity index (χ1v) is 19.9. The fraction of sp³-hybridized carbons (Fsp3) is 0.649.